The van der Waals surface area contributed by atoms with Crippen molar-refractivity contribution in [3.63, 3.8) is 0 Å². The van der Waals surface area contributed by atoms with Crippen LogP contribution in [0.15, 0.2) is 15.5 Å². The molecule has 114 valence electrons. The highest BCUT2D eigenvalue weighted by Gasteiger charge is 2.20. The Bertz CT molecular complexity index is 503. The second kappa shape index (κ2) is 7.47. The van der Waals surface area contributed by atoms with Gasteiger partial charge in [0.1, 0.15) is 4.47 Å². The van der Waals surface area contributed by atoms with Crippen molar-refractivity contribution in [2.75, 3.05) is 23.9 Å². The summed E-state index contributed by atoms with van der Waals surface area (Å²) in [5, 5.41) is 17.3. The molecule has 1 atom stereocenters. The maximum atomic E-state index is 12.1. The molecule has 1 heterocycles. The summed E-state index contributed by atoms with van der Waals surface area (Å²) in [6.07, 6.45) is 3.56. The number of nitrogens with zero attached hydrogens (tertiary/aromatic N) is 2. The number of anilines is 1. The number of halogens is 1. The number of hydrogen-bond donors (Lipinski definition) is 2. The van der Waals surface area contributed by atoms with Crippen molar-refractivity contribution in [1.29, 1.82) is 0 Å². The van der Waals surface area contributed by atoms with Gasteiger partial charge < -0.3 is 10.4 Å². The highest BCUT2D eigenvalue weighted by molar-refractivity contribution is 9.10. The van der Waals surface area contributed by atoms with Gasteiger partial charge in [-0.15, -0.1) is 0 Å². The third-order valence-corrected chi connectivity index (χ3v) is 4.31. The van der Waals surface area contributed by atoms with E-state index in [0.29, 0.717) is 34.9 Å². The van der Waals surface area contributed by atoms with Crippen molar-refractivity contribution in [3.05, 3.63) is 21.0 Å². The lowest BCUT2D eigenvalue weighted by atomic mass is 10.1. The van der Waals surface area contributed by atoms with Crippen LogP contribution in [0.25, 0.3) is 0 Å². The Morgan fingerprint density at radius 2 is 2.25 bits per heavy atom. The van der Waals surface area contributed by atoms with Crippen molar-refractivity contribution < 1.29 is 5.11 Å². The van der Waals surface area contributed by atoms with Crippen molar-refractivity contribution in [2.45, 2.75) is 32.9 Å². The fourth-order valence-electron chi connectivity index (χ4n) is 1.71. The Labute approximate surface area is 132 Å². The molecule has 1 rings (SSSR count). The fraction of sp³-hybridized carbons (Fsp3) is 0.692. The van der Waals surface area contributed by atoms with E-state index in [4.69, 9.17) is 0 Å². The average Bonchev–Trinajstić information content (AvgIpc) is 2.33. The van der Waals surface area contributed by atoms with Gasteiger partial charge in [-0.25, -0.2) is 4.68 Å². The molecule has 0 spiro atoms. The first kappa shape index (κ1) is 17.5. The second-order valence-corrected chi connectivity index (χ2v) is 7.20. The molecule has 0 aliphatic heterocycles. The van der Waals surface area contributed by atoms with Crippen LogP contribution in [0.5, 0.6) is 0 Å². The number of hydrogen-bond acceptors (Lipinski definition) is 5. The quantitative estimate of drug-likeness (QED) is 0.776. The molecule has 20 heavy (non-hydrogen) atoms. The van der Waals surface area contributed by atoms with Gasteiger partial charge in [0, 0.05) is 18.8 Å². The lowest BCUT2D eigenvalue weighted by Crippen LogP contribution is -2.36. The largest absolute Gasteiger partial charge is 0.387 e. The van der Waals surface area contributed by atoms with Crippen LogP contribution in [0.1, 0.15) is 20.8 Å². The third-order valence-electron chi connectivity index (χ3n) is 2.64. The number of aliphatic hydroxyl groups is 1. The smallest absolute Gasteiger partial charge is 0.283 e. The van der Waals surface area contributed by atoms with E-state index in [-0.39, 0.29) is 5.56 Å². The number of rotatable bonds is 7. The molecule has 1 aromatic heterocycles. The van der Waals surface area contributed by atoms with Crippen LogP contribution in [0.3, 0.4) is 0 Å². The van der Waals surface area contributed by atoms with Crippen molar-refractivity contribution >= 4 is 33.4 Å². The summed E-state index contributed by atoms with van der Waals surface area (Å²) in [6.45, 7) is 6.78. The molecule has 0 radical (unpaired) electrons. The van der Waals surface area contributed by atoms with Gasteiger partial charge in [0.05, 0.1) is 17.5 Å². The molecular weight excluding hydrogens is 342 g/mol. The SMILES string of the molecule is CSCC(C)(O)CNc1cnn(CC(C)C)c(=O)c1Br. The number of nitrogens with one attached hydrogen (secondary N) is 1. The Hall–Kier alpha value is -0.530. The molecule has 5 nitrogen and oxygen atoms in total. The third kappa shape index (κ3) is 5.10. The molecule has 0 amide bonds. The molecule has 2 N–H and O–H groups in total. The molecule has 0 aliphatic carbocycles. The standard InChI is InChI=1S/C13H22BrN3O2S/c1-9(2)6-17-12(18)11(14)10(5-16-17)15-7-13(3,19)8-20-4/h5,9,15,19H,6-8H2,1-4H3. The van der Waals surface area contributed by atoms with E-state index in [1.807, 2.05) is 20.1 Å². The maximum absolute atomic E-state index is 12.1. The van der Waals surface area contributed by atoms with E-state index >= 15 is 0 Å². The second-order valence-electron chi connectivity index (χ2n) is 5.54. The topological polar surface area (TPSA) is 67.2 Å². The number of aromatic nitrogens is 2. The van der Waals surface area contributed by atoms with Crippen LogP contribution >= 0.6 is 27.7 Å². The summed E-state index contributed by atoms with van der Waals surface area (Å²) in [5.41, 5.74) is -0.379. The van der Waals surface area contributed by atoms with E-state index in [1.165, 1.54) is 4.68 Å². The molecule has 0 bridgehead atoms. The van der Waals surface area contributed by atoms with E-state index in [2.05, 4.69) is 26.3 Å². The van der Waals surface area contributed by atoms with Gasteiger partial charge in [0.15, 0.2) is 0 Å². The summed E-state index contributed by atoms with van der Waals surface area (Å²) in [6, 6.07) is 0. The van der Waals surface area contributed by atoms with Gasteiger partial charge in [-0.05, 0) is 35.0 Å². The summed E-state index contributed by atoms with van der Waals surface area (Å²) in [5.74, 6) is 0.975. The lowest BCUT2D eigenvalue weighted by molar-refractivity contribution is 0.0997. The fourth-order valence-corrected chi connectivity index (χ4v) is 2.88. The Kier molecular flexibility index (Phi) is 6.54. The lowest BCUT2D eigenvalue weighted by Gasteiger charge is -2.23. The van der Waals surface area contributed by atoms with E-state index < -0.39 is 5.60 Å². The summed E-state index contributed by atoms with van der Waals surface area (Å²) in [7, 11) is 0. The van der Waals surface area contributed by atoms with Crippen molar-refractivity contribution in [3.8, 4) is 0 Å². The Morgan fingerprint density at radius 1 is 1.60 bits per heavy atom. The first-order valence-electron chi connectivity index (χ1n) is 6.47. The van der Waals surface area contributed by atoms with Crippen molar-refractivity contribution in [2.24, 2.45) is 5.92 Å². The van der Waals surface area contributed by atoms with E-state index in [1.54, 1.807) is 24.9 Å². The van der Waals surface area contributed by atoms with Gasteiger partial charge >= 0.3 is 0 Å². The van der Waals surface area contributed by atoms with Crippen LogP contribution in [0, 0.1) is 5.92 Å². The van der Waals surface area contributed by atoms with Gasteiger partial charge in [0.2, 0.25) is 0 Å². The molecule has 0 fully saturated rings. The minimum atomic E-state index is -0.828. The predicted octanol–water partition coefficient (Wildman–Crippen LogP) is 2.19. The van der Waals surface area contributed by atoms with Gasteiger partial charge in [-0.3, -0.25) is 4.79 Å². The molecule has 1 unspecified atom stereocenters. The molecule has 0 aliphatic rings. The van der Waals surface area contributed by atoms with E-state index in [0.717, 1.165) is 0 Å². The first-order chi connectivity index (χ1) is 9.26. The molecule has 0 saturated heterocycles. The van der Waals surface area contributed by atoms with Crippen LogP contribution in [0.4, 0.5) is 5.69 Å². The van der Waals surface area contributed by atoms with Crippen LogP contribution in [-0.4, -0.2) is 39.0 Å². The molecule has 0 saturated carbocycles. The van der Waals surface area contributed by atoms with Crippen molar-refractivity contribution in [1.82, 2.24) is 9.78 Å². The first-order valence-corrected chi connectivity index (χ1v) is 8.66. The molecule has 1 aromatic rings. The van der Waals surface area contributed by atoms with Crippen LogP contribution in [-0.2, 0) is 6.54 Å². The minimum Gasteiger partial charge on any atom is -0.387 e. The summed E-state index contributed by atoms with van der Waals surface area (Å²) >= 11 is 4.88. The van der Waals surface area contributed by atoms with Gasteiger partial charge in [0.25, 0.3) is 5.56 Å². The average molecular weight is 364 g/mol. The highest BCUT2D eigenvalue weighted by Crippen LogP contribution is 2.18. The Morgan fingerprint density at radius 3 is 2.80 bits per heavy atom. The summed E-state index contributed by atoms with van der Waals surface area (Å²) in [4.78, 5) is 12.1. The zero-order chi connectivity index (χ0) is 15.3. The minimum absolute atomic E-state index is 0.159. The predicted molar refractivity (Wildman–Crippen MR) is 88.5 cm³/mol. The maximum Gasteiger partial charge on any atom is 0.283 e. The summed E-state index contributed by atoms with van der Waals surface area (Å²) < 4.78 is 1.90. The normalized spacial score (nSPS) is 14.3. The Balaban J connectivity index is 2.83. The van der Waals surface area contributed by atoms with E-state index in [9.17, 15) is 9.90 Å². The van der Waals surface area contributed by atoms with Gasteiger partial charge in [-0.1, -0.05) is 13.8 Å². The molecule has 7 heteroatoms. The zero-order valence-electron chi connectivity index (χ0n) is 12.3. The van der Waals surface area contributed by atoms with Crippen LogP contribution in [0.2, 0.25) is 0 Å². The monoisotopic (exact) mass is 363 g/mol. The number of thioether (sulfide) groups is 1. The highest BCUT2D eigenvalue weighted by atomic mass is 79.9. The zero-order valence-corrected chi connectivity index (χ0v) is 14.7. The van der Waals surface area contributed by atoms with Gasteiger partial charge in [-0.2, -0.15) is 16.9 Å². The molecular formula is C13H22BrN3O2S. The molecule has 0 aromatic carbocycles. The van der Waals surface area contributed by atoms with Crippen LogP contribution < -0.4 is 10.9 Å².